The van der Waals surface area contributed by atoms with E-state index in [1.54, 1.807) is 12.4 Å². The highest BCUT2D eigenvalue weighted by molar-refractivity contribution is 5.79. The van der Waals surface area contributed by atoms with Gasteiger partial charge in [-0.3, -0.25) is 9.78 Å². The summed E-state index contributed by atoms with van der Waals surface area (Å²) in [5.41, 5.74) is 1.07. The molecule has 2 heterocycles. The van der Waals surface area contributed by atoms with Crippen molar-refractivity contribution < 1.29 is 9.53 Å². The Morgan fingerprint density at radius 3 is 3.00 bits per heavy atom. The van der Waals surface area contributed by atoms with E-state index in [2.05, 4.69) is 17.2 Å². The summed E-state index contributed by atoms with van der Waals surface area (Å²) in [5, 5.41) is 2.99. The molecule has 0 unspecified atom stereocenters. The molecule has 0 aliphatic carbocycles. The lowest BCUT2D eigenvalue weighted by Crippen LogP contribution is -2.41. The standard InChI is InChI=1S/C14H20N2O2/c1-2-13-12(4-3-9-18-13)14(17)16-10-11-5-7-15-8-6-11/h5-8,12-13H,2-4,9-10H2,1H3,(H,16,17)/t12-,13+/m1/s1. The summed E-state index contributed by atoms with van der Waals surface area (Å²) in [6.45, 7) is 3.42. The molecule has 0 saturated carbocycles. The second kappa shape index (κ2) is 6.50. The summed E-state index contributed by atoms with van der Waals surface area (Å²) in [7, 11) is 0. The van der Waals surface area contributed by atoms with Crippen LogP contribution >= 0.6 is 0 Å². The van der Waals surface area contributed by atoms with E-state index in [1.807, 2.05) is 12.1 Å². The average molecular weight is 248 g/mol. The molecule has 4 heteroatoms. The number of nitrogens with zero attached hydrogens (tertiary/aromatic N) is 1. The van der Waals surface area contributed by atoms with Crippen LogP contribution in [-0.2, 0) is 16.1 Å². The van der Waals surface area contributed by atoms with E-state index >= 15 is 0 Å². The summed E-state index contributed by atoms with van der Waals surface area (Å²) in [6.07, 6.45) is 6.36. The molecule has 1 saturated heterocycles. The van der Waals surface area contributed by atoms with Crippen molar-refractivity contribution >= 4 is 5.91 Å². The van der Waals surface area contributed by atoms with Crippen LogP contribution in [0, 0.1) is 5.92 Å². The Hall–Kier alpha value is -1.42. The SMILES string of the molecule is CC[C@@H]1OCCC[C@H]1C(=O)NCc1ccncc1. The molecule has 1 aliphatic heterocycles. The van der Waals surface area contributed by atoms with Crippen LogP contribution in [0.2, 0.25) is 0 Å². The van der Waals surface area contributed by atoms with Gasteiger partial charge in [0.1, 0.15) is 0 Å². The smallest absolute Gasteiger partial charge is 0.225 e. The van der Waals surface area contributed by atoms with Gasteiger partial charge in [0.05, 0.1) is 12.0 Å². The molecule has 1 aromatic heterocycles. The first-order valence-corrected chi connectivity index (χ1v) is 6.59. The van der Waals surface area contributed by atoms with Crippen molar-refractivity contribution in [3.05, 3.63) is 30.1 Å². The molecule has 1 amide bonds. The van der Waals surface area contributed by atoms with Crippen LogP contribution in [0.1, 0.15) is 31.7 Å². The monoisotopic (exact) mass is 248 g/mol. The van der Waals surface area contributed by atoms with Crippen molar-refractivity contribution in [1.82, 2.24) is 10.3 Å². The molecule has 0 bridgehead atoms. The number of carbonyl (C=O) groups is 1. The van der Waals surface area contributed by atoms with Crippen molar-refractivity contribution in [3.63, 3.8) is 0 Å². The molecule has 2 rings (SSSR count). The fraction of sp³-hybridized carbons (Fsp3) is 0.571. The maximum Gasteiger partial charge on any atom is 0.225 e. The zero-order valence-electron chi connectivity index (χ0n) is 10.8. The summed E-state index contributed by atoms with van der Waals surface area (Å²) < 4.78 is 5.64. The average Bonchev–Trinajstić information content (AvgIpc) is 2.45. The van der Waals surface area contributed by atoms with Gasteiger partial charge in [0.2, 0.25) is 5.91 Å². The van der Waals surface area contributed by atoms with Crippen LogP contribution < -0.4 is 5.32 Å². The maximum atomic E-state index is 12.1. The van der Waals surface area contributed by atoms with Gasteiger partial charge in [-0.15, -0.1) is 0 Å². The molecule has 2 atom stereocenters. The van der Waals surface area contributed by atoms with Gasteiger partial charge in [0.15, 0.2) is 0 Å². The second-order valence-electron chi connectivity index (χ2n) is 4.64. The van der Waals surface area contributed by atoms with Crippen molar-refractivity contribution in [2.75, 3.05) is 6.61 Å². The lowest BCUT2D eigenvalue weighted by molar-refractivity contribution is -0.134. The van der Waals surface area contributed by atoms with Crippen molar-refractivity contribution in [3.8, 4) is 0 Å². The Balaban J connectivity index is 1.87. The van der Waals surface area contributed by atoms with Crippen LogP contribution in [0.15, 0.2) is 24.5 Å². The molecule has 0 aromatic carbocycles. The first kappa shape index (κ1) is 13.0. The second-order valence-corrected chi connectivity index (χ2v) is 4.64. The minimum atomic E-state index is 0.00517. The van der Waals surface area contributed by atoms with Crippen LogP contribution in [0.25, 0.3) is 0 Å². The van der Waals surface area contributed by atoms with E-state index in [9.17, 15) is 4.79 Å². The van der Waals surface area contributed by atoms with Gasteiger partial charge in [-0.2, -0.15) is 0 Å². The number of pyridine rings is 1. The number of amides is 1. The summed E-state index contributed by atoms with van der Waals surface area (Å²) in [4.78, 5) is 16.1. The van der Waals surface area contributed by atoms with E-state index in [1.165, 1.54) is 0 Å². The number of aromatic nitrogens is 1. The highest BCUT2D eigenvalue weighted by Crippen LogP contribution is 2.23. The van der Waals surface area contributed by atoms with Crippen molar-refractivity contribution in [1.29, 1.82) is 0 Å². The van der Waals surface area contributed by atoms with Crippen molar-refractivity contribution in [2.45, 2.75) is 38.8 Å². The number of hydrogen-bond acceptors (Lipinski definition) is 3. The highest BCUT2D eigenvalue weighted by Gasteiger charge is 2.30. The summed E-state index contributed by atoms with van der Waals surface area (Å²) in [5.74, 6) is 0.115. The van der Waals surface area contributed by atoms with E-state index in [4.69, 9.17) is 4.74 Å². The Kier molecular flexibility index (Phi) is 4.70. The van der Waals surface area contributed by atoms with Gasteiger partial charge < -0.3 is 10.1 Å². The zero-order chi connectivity index (χ0) is 12.8. The van der Waals surface area contributed by atoms with E-state index in [-0.39, 0.29) is 17.9 Å². The molecule has 0 spiro atoms. The third kappa shape index (κ3) is 3.29. The number of rotatable bonds is 4. The first-order chi connectivity index (χ1) is 8.81. The normalized spacial score (nSPS) is 23.6. The fourth-order valence-electron chi connectivity index (χ4n) is 2.36. The minimum absolute atomic E-state index is 0.00517. The molecular formula is C14H20N2O2. The summed E-state index contributed by atoms with van der Waals surface area (Å²) >= 11 is 0. The quantitative estimate of drug-likeness (QED) is 0.885. The molecule has 1 N–H and O–H groups in total. The number of ether oxygens (including phenoxy) is 1. The number of nitrogens with one attached hydrogen (secondary N) is 1. The van der Waals surface area contributed by atoms with E-state index in [0.29, 0.717) is 6.54 Å². The van der Waals surface area contributed by atoms with Gasteiger partial charge in [0, 0.05) is 25.5 Å². The Morgan fingerprint density at radius 2 is 2.28 bits per heavy atom. The molecule has 4 nitrogen and oxygen atoms in total. The number of carbonyl (C=O) groups excluding carboxylic acids is 1. The predicted octanol–water partition coefficient (Wildman–Crippen LogP) is 1.90. The Labute approximate surface area is 108 Å². The van der Waals surface area contributed by atoms with Gasteiger partial charge in [-0.25, -0.2) is 0 Å². The van der Waals surface area contributed by atoms with E-state index < -0.39 is 0 Å². The molecular weight excluding hydrogens is 228 g/mol. The Bertz CT molecular complexity index is 381. The van der Waals surface area contributed by atoms with Crippen LogP contribution in [0.3, 0.4) is 0 Å². The largest absolute Gasteiger partial charge is 0.377 e. The van der Waals surface area contributed by atoms with Gasteiger partial charge >= 0.3 is 0 Å². The minimum Gasteiger partial charge on any atom is -0.377 e. The third-order valence-corrected chi connectivity index (χ3v) is 3.40. The van der Waals surface area contributed by atoms with Gasteiger partial charge in [0.25, 0.3) is 0 Å². The molecule has 98 valence electrons. The first-order valence-electron chi connectivity index (χ1n) is 6.59. The van der Waals surface area contributed by atoms with Gasteiger partial charge in [-0.05, 0) is 37.0 Å². The summed E-state index contributed by atoms with van der Waals surface area (Å²) in [6, 6.07) is 3.82. The number of hydrogen-bond donors (Lipinski definition) is 1. The lowest BCUT2D eigenvalue weighted by Gasteiger charge is -2.30. The molecule has 1 aliphatic rings. The Morgan fingerprint density at radius 1 is 1.50 bits per heavy atom. The zero-order valence-corrected chi connectivity index (χ0v) is 10.8. The van der Waals surface area contributed by atoms with Gasteiger partial charge in [-0.1, -0.05) is 6.92 Å². The maximum absolute atomic E-state index is 12.1. The molecule has 0 radical (unpaired) electrons. The lowest BCUT2D eigenvalue weighted by atomic mass is 9.92. The topological polar surface area (TPSA) is 51.2 Å². The van der Waals surface area contributed by atoms with Crippen molar-refractivity contribution in [2.24, 2.45) is 5.92 Å². The van der Waals surface area contributed by atoms with Crippen LogP contribution in [0.4, 0.5) is 0 Å². The third-order valence-electron chi connectivity index (χ3n) is 3.40. The molecule has 1 fully saturated rings. The van der Waals surface area contributed by atoms with Crippen LogP contribution in [-0.4, -0.2) is 23.6 Å². The van der Waals surface area contributed by atoms with E-state index in [0.717, 1.165) is 31.4 Å². The highest BCUT2D eigenvalue weighted by atomic mass is 16.5. The molecule has 1 aromatic rings. The predicted molar refractivity (Wildman–Crippen MR) is 68.8 cm³/mol. The van der Waals surface area contributed by atoms with Crippen LogP contribution in [0.5, 0.6) is 0 Å². The fourth-order valence-corrected chi connectivity index (χ4v) is 2.36. The molecule has 18 heavy (non-hydrogen) atoms.